The number of fused-ring (bicyclic) bond motifs is 4. The van der Waals surface area contributed by atoms with Gasteiger partial charge in [0, 0.05) is 65.7 Å². The van der Waals surface area contributed by atoms with Gasteiger partial charge in [0.2, 0.25) is 11.4 Å². The summed E-state index contributed by atoms with van der Waals surface area (Å²) in [5.41, 5.74) is 5.96. The summed E-state index contributed by atoms with van der Waals surface area (Å²) < 4.78 is 54.4. The van der Waals surface area contributed by atoms with Crippen LogP contribution < -0.4 is 13.9 Å². The maximum Gasteiger partial charge on any atom is 0.503 e. The van der Waals surface area contributed by atoms with Crippen molar-refractivity contribution >= 4 is 50.6 Å². The molecule has 1 aliphatic rings. The molecule has 0 fully saturated rings. The molecule has 0 aliphatic carbocycles. The molecule has 49 heavy (non-hydrogen) atoms. The summed E-state index contributed by atoms with van der Waals surface area (Å²) in [5, 5.41) is 2.05. The van der Waals surface area contributed by atoms with Crippen LogP contribution in [0.3, 0.4) is 0 Å². The van der Waals surface area contributed by atoms with Gasteiger partial charge >= 0.3 is 6.01 Å². The van der Waals surface area contributed by atoms with Gasteiger partial charge in [-0.1, -0.05) is 71.8 Å². The molecule has 240 valence electrons. The van der Waals surface area contributed by atoms with Crippen LogP contribution in [-0.4, -0.2) is 20.5 Å². The summed E-state index contributed by atoms with van der Waals surface area (Å²) >= 11 is 0. The monoisotopic (exact) mass is 646 g/mol. The largest absolute Gasteiger partial charge is 0.503 e. The highest BCUT2D eigenvalue weighted by molar-refractivity contribution is 6.09. The normalized spacial score (nSPS) is 14.4. The van der Waals surface area contributed by atoms with E-state index in [-0.39, 0.29) is 28.6 Å². The number of benzene rings is 4. The first-order valence-electron chi connectivity index (χ1n) is 18.8. The Morgan fingerprint density at radius 2 is 1.41 bits per heavy atom. The molecular weight excluding hydrogens is 603 g/mol. The fourth-order valence-electron chi connectivity index (χ4n) is 6.27. The second kappa shape index (κ2) is 11.4. The van der Waals surface area contributed by atoms with Crippen molar-refractivity contribution in [2.75, 3.05) is 0 Å². The highest BCUT2D eigenvalue weighted by Gasteiger charge is 2.36. The van der Waals surface area contributed by atoms with Crippen molar-refractivity contribution in [3.63, 3.8) is 0 Å². The van der Waals surface area contributed by atoms with E-state index < -0.39 is 18.1 Å². The maximum absolute atomic E-state index is 8.69. The number of rotatable bonds is 5. The highest BCUT2D eigenvalue weighted by atomic mass is 16.5. The number of aromatic nitrogens is 3. The molecule has 0 atom stereocenters. The second-order valence-corrected chi connectivity index (χ2v) is 14.4. The van der Waals surface area contributed by atoms with E-state index in [1.807, 2.05) is 71.6 Å². The summed E-state index contributed by atoms with van der Waals surface area (Å²) in [6.07, 6.45) is 5.54. The van der Waals surface area contributed by atoms with Crippen LogP contribution in [0.2, 0.25) is 0 Å². The van der Waals surface area contributed by atoms with Crippen LogP contribution in [0.1, 0.15) is 59.5 Å². The lowest BCUT2D eigenvalue weighted by Crippen LogP contribution is -2.12. The Morgan fingerprint density at radius 1 is 0.673 bits per heavy atom. The van der Waals surface area contributed by atoms with Gasteiger partial charge in [-0.25, -0.2) is 4.98 Å². The first kappa shape index (κ1) is 25.2. The molecule has 1 aliphatic heterocycles. The van der Waals surface area contributed by atoms with Gasteiger partial charge in [-0.15, -0.1) is 0 Å². The molecule has 3 aromatic heterocycles. The topological polar surface area (TPSA) is 46.0 Å². The SMILES string of the molecule is [2H]c1c([2H])c([2H])c([N+]2=C=[N+](c3cc(Oc4ccc5c6cnccc6n(-c6cc(C(C)(C)C)ccn6)c5c4)cc(C(C)(C)C)c3)c3ccccc32)c([2H])c1[2H]. The molecule has 7 aromatic rings. The minimum atomic E-state index is -0.442. The maximum atomic E-state index is 8.69. The molecule has 8 rings (SSSR count). The summed E-state index contributed by atoms with van der Waals surface area (Å²) in [6, 6.07) is 27.3. The summed E-state index contributed by atoms with van der Waals surface area (Å²) in [5.74, 6) is 2.05. The zero-order chi connectivity index (χ0) is 38.3. The molecule has 0 saturated carbocycles. The van der Waals surface area contributed by atoms with E-state index in [1.165, 1.54) is 5.56 Å². The molecule has 6 nitrogen and oxygen atoms in total. The number of hydrogen-bond donors (Lipinski definition) is 0. The van der Waals surface area contributed by atoms with Crippen LogP contribution >= 0.6 is 0 Å². The van der Waals surface area contributed by atoms with E-state index in [0.717, 1.165) is 44.6 Å². The Balaban J connectivity index is 1.29. The predicted octanol–water partition coefficient (Wildman–Crippen LogP) is 10.8. The Kier molecular flexibility index (Phi) is 5.87. The first-order valence-corrected chi connectivity index (χ1v) is 16.3. The van der Waals surface area contributed by atoms with Crippen molar-refractivity contribution in [3.05, 3.63) is 139 Å². The molecule has 0 unspecified atom stereocenters. The average Bonchev–Trinajstić information content (AvgIpc) is 3.68. The molecular formula is C43H39N5O+2. The molecule has 0 bridgehead atoms. The number of para-hydroxylation sites is 3. The van der Waals surface area contributed by atoms with Gasteiger partial charge in [0.15, 0.2) is 0 Å². The lowest BCUT2D eigenvalue weighted by Gasteiger charge is -2.20. The van der Waals surface area contributed by atoms with Gasteiger partial charge in [0.1, 0.15) is 17.3 Å². The number of nitrogens with zero attached hydrogens (tertiary/aromatic N) is 5. The van der Waals surface area contributed by atoms with Gasteiger partial charge in [0.25, 0.3) is 11.4 Å². The predicted molar refractivity (Wildman–Crippen MR) is 201 cm³/mol. The smallest absolute Gasteiger partial charge is 0.457 e. The van der Waals surface area contributed by atoms with Crippen molar-refractivity contribution in [1.29, 1.82) is 0 Å². The van der Waals surface area contributed by atoms with Crippen LogP contribution in [0.5, 0.6) is 11.5 Å². The second-order valence-electron chi connectivity index (χ2n) is 14.4. The first-order chi connectivity index (χ1) is 25.6. The Labute approximate surface area is 294 Å². The molecule has 0 saturated heterocycles. The average molecular weight is 647 g/mol. The van der Waals surface area contributed by atoms with E-state index >= 15 is 0 Å². The van der Waals surface area contributed by atoms with Crippen molar-refractivity contribution in [3.8, 4) is 17.3 Å². The molecule has 4 aromatic carbocycles. The number of hydrogen-bond acceptors (Lipinski definition) is 3. The fraction of sp³-hybridized carbons (Fsp3) is 0.186. The molecule has 0 amide bonds. The zero-order valence-corrected chi connectivity index (χ0v) is 28.4. The lowest BCUT2D eigenvalue weighted by molar-refractivity contribution is 0.479. The van der Waals surface area contributed by atoms with Crippen LogP contribution in [0.25, 0.3) is 27.6 Å². The minimum Gasteiger partial charge on any atom is -0.457 e. The van der Waals surface area contributed by atoms with Gasteiger partial charge in [0.05, 0.1) is 24.0 Å². The van der Waals surface area contributed by atoms with Crippen LogP contribution in [0, 0.1) is 0 Å². The summed E-state index contributed by atoms with van der Waals surface area (Å²) in [7, 11) is 0. The summed E-state index contributed by atoms with van der Waals surface area (Å²) in [4.78, 5) is 9.24. The third-order valence-electron chi connectivity index (χ3n) is 8.91. The molecule has 4 heterocycles. The van der Waals surface area contributed by atoms with Crippen LogP contribution in [0.4, 0.5) is 22.7 Å². The third kappa shape index (κ3) is 5.50. The van der Waals surface area contributed by atoms with Gasteiger partial charge in [-0.3, -0.25) is 9.55 Å². The highest BCUT2D eigenvalue weighted by Crippen LogP contribution is 2.40. The standard InChI is InChI=1S/C43H39N5O/c1-42(2,3)29-18-21-45-41(24-29)48-37-19-20-44-27-36(37)35-17-16-33(26-40(35)48)49-34-23-30(43(4,5)6)22-32(25-34)47-28-46(31-12-8-7-9-13-31)38-14-10-11-15-39(38)47/h7-27H,1-6H3/q+2/i7D,8D,9D,12D,13D. The van der Waals surface area contributed by atoms with Crippen LogP contribution in [-0.2, 0) is 10.8 Å². The number of pyridine rings is 2. The lowest BCUT2D eigenvalue weighted by atomic mass is 9.86. The van der Waals surface area contributed by atoms with Gasteiger partial charge in [-0.05, 0) is 67.5 Å². The molecule has 6 heteroatoms. The van der Waals surface area contributed by atoms with E-state index in [1.54, 1.807) is 10.8 Å². The van der Waals surface area contributed by atoms with Crippen molar-refractivity contribution in [1.82, 2.24) is 23.7 Å². The van der Waals surface area contributed by atoms with Crippen molar-refractivity contribution < 1.29 is 11.6 Å². The fourth-order valence-corrected chi connectivity index (χ4v) is 6.27. The minimum absolute atomic E-state index is 0.0285. The van der Waals surface area contributed by atoms with Crippen LogP contribution in [0.15, 0.2) is 128 Å². The number of ether oxygens (including phenoxy) is 1. The quantitative estimate of drug-likeness (QED) is 0.175. The van der Waals surface area contributed by atoms with E-state index in [0.29, 0.717) is 17.2 Å². The van der Waals surface area contributed by atoms with Crippen molar-refractivity contribution in [2.45, 2.75) is 52.4 Å². The Hall–Kier alpha value is -5.84. The Morgan fingerprint density at radius 3 is 2.14 bits per heavy atom. The molecule has 0 spiro atoms. The third-order valence-corrected chi connectivity index (χ3v) is 8.91. The van der Waals surface area contributed by atoms with Gasteiger partial charge in [-0.2, -0.15) is 0 Å². The van der Waals surface area contributed by atoms with E-state index in [2.05, 4.69) is 81.4 Å². The molecule has 0 radical (unpaired) electrons. The summed E-state index contributed by atoms with van der Waals surface area (Å²) in [6.45, 7) is 13.0. The van der Waals surface area contributed by atoms with Crippen molar-refractivity contribution in [2.24, 2.45) is 0 Å². The zero-order valence-electron chi connectivity index (χ0n) is 33.4. The Bertz CT molecular complexity index is 2740. The molecule has 0 N–H and O–H groups in total. The van der Waals surface area contributed by atoms with E-state index in [4.69, 9.17) is 16.6 Å². The van der Waals surface area contributed by atoms with E-state index in [9.17, 15) is 0 Å². The van der Waals surface area contributed by atoms with Gasteiger partial charge < -0.3 is 4.74 Å².